The number of urea groups is 1. The second kappa shape index (κ2) is 6.82. The first-order chi connectivity index (χ1) is 11.2. The second-order valence-electron chi connectivity index (χ2n) is 6.35. The number of hydrogen-bond donors (Lipinski definition) is 1. The van der Waals surface area contributed by atoms with Gasteiger partial charge in [0, 0.05) is 12.2 Å². The molecule has 7 nitrogen and oxygen atoms in total. The Hall–Kier alpha value is -2.70. The van der Waals surface area contributed by atoms with Crippen molar-refractivity contribution in [2.45, 2.75) is 27.7 Å². The molecule has 5 amide bonds. The third kappa shape index (κ3) is 3.61. The molecule has 1 saturated heterocycles. The molecule has 1 aromatic carbocycles. The zero-order valence-electron chi connectivity index (χ0n) is 14.3. The fourth-order valence-corrected chi connectivity index (χ4v) is 2.42. The van der Waals surface area contributed by atoms with Gasteiger partial charge in [-0.1, -0.05) is 26.0 Å². The number of anilines is 1. The Bertz CT molecular complexity index is 712. The van der Waals surface area contributed by atoms with Gasteiger partial charge in [-0.3, -0.25) is 19.3 Å². The van der Waals surface area contributed by atoms with E-state index in [1.165, 1.54) is 0 Å². The Morgan fingerprint density at radius 1 is 1.08 bits per heavy atom. The fraction of sp³-hybridized carbons (Fsp3) is 0.412. The Labute approximate surface area is 140 Å². The molecule has 0 aliphatic carbocycles. The highest BCUT2D eigenvalue weighted by atomic mass is 16.2. The van der Waals surface area contributed by atoms with Gasteiger partial charge in [0.2, 0.25) is 5.91 Å². The van der Waals surface area contributed by atoms with E-state index in [0.29, 0.717) is 10.6 Å². The van der Waals surface area contributed by atoms with Gasteiger partial charge in [0.1, 0.15) is 6.54 Å². The van der Waals surface area contributed by atoms with Crippen molar-refractivity contribution in [1.29, 1.82) is 0 Å². The van der Waals surface area contributed by atoms with Crippen LogP contribution in [0.5, 0.6) is 0 Å². The van der Waals surface area contributed by atoms with Crippen LogP contribution >= 0.6 is 0 Å². The molecule has 1 aromatic rings. The summed E-state index contributed by atoms with van der Waals surface area (Å²) in [5, 5.41) is 2.67. The Kier molecular flexibility index (Phi) is 5.02. The first-order valence-corrected chi connectivity index (χ1v) is 7.75. The molecule has 1 N–H and O–H groups in total. The van der Waals surface area contributed by atoms with E-state index in [1.54, 1.807) is 6.07 Å². The van der Waals surface area contributed by atoms with E-state index in [9.17, 15) is 19.2 Å². The zero-order valence-corrected chi connectivity index (χ0v) is 14.3. The maximum absolute atomic E-state index is 12.2. The van der Waals surface area contributed by atoms with Crippen LogP contribution in [0.2, 0.25) is 0 Å². The second-order valence-corrected chi connectivity index (χ2v) is 6.35. The van der Waals surface area contributed by atoms with Gasteiger partial charge in [-0.2, -0.15) is 0 Å². The van der Waals surface area contributed by atoms with Crippen molar-refractivity contribution in [3.05, 3.63) is 29.3 Å². The Balaban J connectivity index is 2.08. The third-order valence-electron chi connectivity index (χ3n) is 3.65. The smallest absolute Gasteiger partial charge is 0.324 e. The summed E-state index contributed by atoms with van der Waals surface area (Å²) in [5.41, 5.74) is 2.46. The molecule has 7 heteroatoms. The number of hydrogen-bond acceptors (Lipinski definition) is 4. The Morgan fingerprint density at radius 2 is 1.71 bits per heavy atom. The minimum Gasteiger partial charge on any atom is -0.324 e. The van der Waals surface area contributed by atoms with Crippen LogP contribution in [0.25, 0.3) is 0 Å². The lowest BCUT2D eigenvalue weighted by Crippen LogP contribution is -2.39. The summed E-state index contributed by atoms with van der Waals surface area (Å²) in [6.45, 7) is 7.08. The van der Waals surface area contributed by atoms with E-state index in [0.717, 1.165) is 16.0 Å². The molecule has 0 aromatic heterocycles. The number of amides is 5. The maximum atomic E-state index is 12.2. The summed E-state index contributed by atoms with van der Waals surface area (Å²) in [6.07, 6.45) is 0. The molecule has 1 heterocycles. The number of nitrogens with zero attached hydrogens (tertiary/aromatic N) is 2. The van der Waals surface area contributed by atoms with Gasteiger partial charge in [0.25, 0.3) is 0 Å². The third-order valence-corrected chi connectivity index (χ3v) is 3.65. The van der Waals surface area contributed by atoms with Gasteiger partial charge in [0.05, 0.1) is 0 Å². The van der Waals surface area contributed by atoms with Gasteiger partial charge in [-0.05, 0) is 37.0 Å². The number of nitrogens with one attached hydrogen (secondary N) is 1. The van der Waals surface area contributed by atoms with E-state index in [4.69, 9.17) is 0 Å². The van der Waals surface area contributed by atoms with Crippen LogP contribution in [0.4, 0.5) is 10.5 Å². The number of imide groups is 2. The standard InChI is InChI=1S/C17H21N3O4/c1-10(2)8-19-15(22)16(23)20(17(19)24)9-14(21)18-13-7-11(3)5-6-12(13)4/h5-7,10H,8-9H2,1-4H3,(H,18,21). The minimum absolute atomic E-state index is 0.0365. The molecule has 0 atom stereocenters. The molecule has 1 aliphatic rings. The summed E-state index contributed by atoms with van der Waals surface area (Å²) in [7, 11) is 0. The van der Waals surface area contributed by atoms with E-state index < -0.39 is 30.3 Å². The van der Waals surface area contributed by atoms with E-state index in [1.807, 2.05) is 39.8 Å². The molecule has 0 saturated carbocycles. The van der Waals surface area contributed by atoms with Crippen LogP contribution in [0, 0.1) is 19.8 Å². The van der Waals surface area contributed by atoms with Crippen molar-refractivity contribution < 1.29 is 19.2 Å². The lowest BCUT2D eigenvalue weighted by Gasteiger charge is -2.17. The summed E-state index contributed by atoms with van der Waals surface area (Å²) in [6, 6.07) is 4.85. The molecule has 0 radical (unpaired) electrons. The molecule has 0 unspecified atom stereocenters. The zero-order chi connectivity index (χ0) is 18.0. The normalized spacial score (nSPS) is 14.8. The first kappa shape index (κ1) is 17.7. The lowest BCUT2D eigenvalue weighted by molar-refractivity contribution is -0.143. The number of benzene rings is 1. The van der Waals surface area contributed by atoms with Crippen molar-refractivity contribution in [2.75, 3.05) is 18.4 Å². The summed E-state index contributed by atoms with van der Waals surface area (Å²) < 4.78 is 0. The molecular formula is C17H21N3O4. The number of aryl methyl sites for hydroxylation is 2. The van der Waals surface area contributed by atoms with E-state index in [-0.39, 0.29) is 12.5 Å². The SMILES string of the molecule is Cc1ccc(C)c(NC(=O)CN2C(=O)C(=O)N(CC(C)C)C2=O)c1. The van der Waals surface area contributed by atoms with Gasteiger partial charge in [-0.25, -0.2) is 9.69 Å². The highest BCUT2D eigenvalue weighted by Gasteiger charge is 2.45. The topological polar surface area (TPSA) is 86.8 Å². The quantitative estimate of drug-likeness (QED) is 0.657. The van der Waals surface area contributed by atoms with E-state index in [2.05, 4.69) is 5.32 Å². The van der Waals surface area contributed by atoms with E-state index >= 15 is 0 Å². The van der Waals surface area contributed by atoms with Crippen molar-refractivity contribution >= 4 is 29.4 Å². The van der Waals surface area contributed by atoms with Crippen LogP contribution in [0.15, 0.2) is 18.2 Å². The number of carbonyl (C=O) groups is 4. The Morgan fingerprint density at radius 3 is 2.33 bits per heavy atom. The average molecular weight is 331 g/mol. The molecular weight excluding hydrogens is 310 g/mol. The summed E-state index contributed by atoms with van der Waals surface area (Å²) in [5.74, 6) is -2.33. The highest BCUT2D eigenvalue weighted by Crippen LogP contribution is 2.18. The van der Waals surface area contributed by atoms with Crippen molar-refractivity contribution in [1.82, 2.24) is 9.80 Å². The molecule has 0 spiro atoms. The largest absolute Gasteiger partial charge is 0.334 e. The maximum Gasteiger partial charge on any atom is 0.334 e. The fourth-order valence-electron chi connectivity index (χ4n) is 2.42. The molecule has 1 fully saturated rings. The van der Waals surface area contributed by atoms with Crippen molar-refractivity contribution in [3.63, 3.8) is 0 Å². The predicted octanol–water partition coefficient (Wildman–Crippen LogP) is 1.69. The van der Waals surface area contributed by atoms with Crippen LogP contribution in [0.3, 0.4) is 0 Å². The predicted molar refractivity (Wildman–Crippen MR) is 88.2 cm³/mol. The molecule has 24 heavy (non-hydrogen) atoms. The lowest BCUT2D eigenvalue weighted by atomic mass is 10.1. The average Bonchev–Trinajstić information content (AvgIpc) is 2.68. The van der Waals surface area contributed by atoms with Crippen molar-refractivity contribution in [2.24, 2.45) is 5.92 Å². The van der Waals surface area contributed by atoms with Gasteiger partial charge >= 0.3 is 17.8 Å². The van der Waals surface area contributed by atoms with Crippen LogP contribution in [0.1, 0.15) is 25.0 Å². The number of carbonyl (C=O) groups excluding carboxylic acids is 4. The monoisotopic (exact) mass is 331 g/mol. The highest BCUT2D eigenvalue weighted by molar-refractivity contribution is 6.45. The van der Waals surface area contributed by atoms with Crippen molar-refractivity contribution in [3.8, 4) is 0 Å². The molecule has 0 bridgehead atoms. The van der Waals surface area contributed by atoms with Crippen LogP contribution < -0.4 is 5.32 Å². The number of rotatable bonds is 5. The molecule has 1 aliphatic heterocycles. The first-order valence-electron chi connectivity index (χ1n) is 7.75. The summed E-state index contributed by atoms with van der Waals surface area (Å²) >= 11 is 0. The van der Waals surface area contributed by atoms with Gasteiger partial charge in [0.15, 0.2) is 0 Å². The van der Waals surface area contributed by atoms with Gasteiger partial charge in [-0.15, -0.1) is 0 Å². The summed E-state index contributed by atoms with van der Waals surface area (Å²) in [4.78, 5) is 49.8. The van der Waals surface area contributed by atoms with Gasteiger partial charge < -0.3 is 5.32 Å². The molecule has 128 valence electrons. The minimum atomic E-state index is -0.961. The van der Waals surface area contributed by atoms with Crippen LogP contribution in [-0.4, -0.2) is 46.6 Å². The van der Waals surface area contributed by atoms with Crippen LogP contribution in [-0.2, 0) is 14.4 Å². The molecule has 2 rings (SSSR count).